The highest BCUT2D eigenvalue weighted by Crippen LogP contribution is 2.06. The van der Waals surface area contributed by atoms with Crippen LogP contribution >= 0.6 is 0 Å². The normalized spacial score (nSPS) is 10.9. The first-order valence-corrected chi connectivity index (χ1v) is 4.62. The Labute approximate surface area is 86.6 Å². The molecule has 0 amide bonds. The van der Waals surface area contributed by atoms with Gasteiger partial charge in [-0.15, -0.1) is 0 Å². The first kappa shape index (κ1) is 14.0. The Morgan fingerprint density at radius 1 is 1.33 bits per heavy atom. The molecule has 0 fully saturated rings. The van der Waals surface area contributed by atoms with E-state index >= 15 is 0 Å². The van der Waals surface area contributed by atoms with Crippen LogP contribution in [0, 0.1) is 0 Å². The fourth-order valence-electron chi connectivity index (χ4n) is 1.20. The van der Waals surface area contributed by atoms with Crippen molar-refractivity contribution < 1.29 is 21.8 Å². The van der Waals surface area contributed by atoms with Crippen LogP contribution in [0.15, 0.2) is 12.4 Å². The molecule has 0 radical (unpaired) electrons. The molecule has 1 aromatic rings. The molecule has 0 saturated heterocycles. The lowest BCUT2D eigenvalue weighted by Crippen LogP contribution is -2.31. The van der Waals surface area contributed by atoms with E-state index in [2.05, 4.69) is 42.5 Å². The summed E-state index contributed by atoms with van der Waals surface area (Å²) in [7, 11) is -1.82. The molecule has 0 N–H and O–H groups in total. The zero-order chi connectivity index (χ0) is 12.1. The summed E-state index contributed by atoms with van der Waals surface area (Å²) in [5.74, 6) is 1.39. The molecule has 1 aromatic heterocycles. The Morgan fingerprint density at radius 2 is 1.80 bits per heavy atom. The van der Waals surface area contributed by atoms with Crippen LogP contribution < -0.4 is 4.57 Å². The van der Waals surface area contributed by atoms with Gasteiger partial charge < -0.3 is 17.3 Å². The van der Waals surface area contributed by atoms with Crippen molar-refractivity contribution in [3.8, 4) is 0 Å². The van der Waals surface area contributed by atoms with Crippen molar-refractivity contribution in [1.82, 2.24) is 4.57 Å². The molecule has 0 spiro atoms. The lowest BCUT2D eigenvalue weighted by atomic mass is 10.3. The van der Waals surface area contributed by atoms with E-state index in [1.165, 1.54) is 18.7 Å². The van der Waals surface area contributed by atoms with Gasteiger partial charge in [0.1, 0.15) is 12.4 Å². The number of halogens is 4. The Hall–Kier alpha value is -1.01. The highest BCUT2D eigenvalue weighted by atomic mass is 19.5. The van der Waals surface area contributed by atoms with Crippen LogP contribution in [0.4, 0.5) is 17.3 Å². The van der Waals surface area contributed by atoms with E-state index in [4.69, 9.17) is 0 Å². The van der Waals surface area contributed by atoms with E-state index in [-0.39, 0.29) is 0 Å². The zero-order valence-corrected chi connectivity index (χ0v) is 9.05. The molecule has 1 heterocycles. The minimum atomic E-state index is -6.00. The molecule has 0 aliphatic rings. The number of nitrogens with zero attached hydrogens (tertiary/aromatic N) is 2. The summed E-state index contributed by atoms with van der Waals surface area (Å²) in [5, 5.41) is 0. The summed E-state index contributed by atoms with van der Waals surface area (Å²) in [4.78, 5) is 0. The van der Waals surface area contributed by atoms with E-state index in [9.17, 15) is 17.3 Å². The molecule has 0 aromatic carbocycles. The molecular formula is C8H15BF4N2. The maximum absolute atomic E-state index is 9.75. The smallest absolute Gasteiger partial charge is 0.418 e. The number of aromatic nitrogens is 2. The Bertz CT molecular complexity index is 270. The number of imidazole rings is 1. The monoisotopic (exact) mass is 226 g/mol. The largest absolute Gasteiger partial charge is 0.673 e. The van der Waals surface area contributed by atoms with Gasteiger partial charge in [0, 0.05) is 6.42 Å². The molecule has 2 nitrogen and oxygen atoms in total. The van der Waals surface area contributed by atoms with Crippen LogP contribution in [-0.4, -0.2) is 11.8 Å². The van der Waals surface area contributed by atoms with Crippen LogP contribution in [0.25, 0.3) is 0 Å². The maximum atomic E-state index is 9.75. The first-order valence-electron chi connectivity index (χ1n) is 4.62. The highest BCUT2D eigenvalue weighted by molar-refractivity contribution is 6.50. The topological polar surface area (TPSA) is 8.81 Å². The molecule has 15 heavy (non-hydrogen) atoms. The van der Waals surface area contributed by atoms with Crippen LogP contribution in [0.1, 0.15) is 19.2 Å². The van der Waals surface area contributed by atoms with Crippen molar-refractivity contribution in [2.24, 2.45) is 14.1 Å². The van der Waals surface area contributed by atoms with Crippen LogP contribution in [-0.2, 0) is 20.5 Å². The van der Waals surface area contributed by atoms with Gasteiger partial charge in [0.2, 0.25) is 0 Å². The number of rotatable bonds is 2. The summed E-state index contributed by atoms with van der Waals surface area (Å²) in [6.07, 6.45) is 6.56. The summed E-state index contributed by atoms with van der Waals surface area (Å²) in [6.45, 7) is 2.20. The molecule has 0 bridgehead atoms. The van der Waals surface area contributed by atoms with Gasteiger partial charge in [-0.25, -0.2) is 9.13 Å². The van der Waals surface area contributed by atoms with Gasteiger partial charge in [-0.1, -0.05) is 6.92 Å². The van der Waals surface area contributed by atoms with E-state index in [0.29, 0.717) is 0 Å². The number of hydrogen-bond donors (Lipinski definition) is 0. The van der Waals surface area contributed by atoms with E-state index in [1.54, 1.807) is 0 Å². The SMILES string of the molecule is CCCc1n(C)cc[n+]1C.F[B-](F)(F)F. The molecule has 0 unspecified atom stereocenters. The summed E-state index contributed by atoms with van der Waals surface area (Å²) in [6, 6.07) is 0. The van der Waals surface area contributed by atoms with Gasteiger partial charge >= 0.3 is 7.25 Å². The van der Waals surface area contributed by atoms with Crippen LogP contribution in [0.3, 0.4) is 0 Å². The predicted molar refractivity (Wildman–Crippen MR) is 50.8 cm³/mol. The minimum Gasteiger partial charge on any atom is -0.418 e. The molecule has 0 aliphatic carbocycles. The van der Waals surface area contributed by atoms with Crippen molar-refractivity contribution >= 4 is 7.25 Å². The summed E-state index contributed by atoms with van der Waals surface area (Å²) < 4.78 is 43.3. The summed E-state index contributed by atoms with van der Waals surface area (Å²) >= 11 is 0. The van der Waals surface area contributed by atoms with Gasteiger partial charge in [0.05, 0.1) is 14.1 Å². The third-order valence-corrected chi connectivity index (χ3v) is 1.80. The lowest BCUT2D eigenvalue weighted by Gasteiger charge is -1.94. The lowest BCUT2D eigenvalue weighted by molar-refractivity contribution is -0.678. The highest BCUT2D eigenvalue weighted by Gasteiger charge is 2.20. The average molecular weight is 226 g/mol. The second-order valence-corrected chi connectivity index (χ2v) is 3.18. The van der Waals surface area contributed by atoms with Crippen molar-refractivity contribution in [3.05, 3.63) is 18.2 Å². The second kappa shape index (κ2) is 5.77. The molecule has 1 rings (SSSR count). The van der Waals surface area contributed by atoms with Crippen LogP contribution in [0.2, 0.25) is 0 Å². The molecule has 0 aliphatic heterocycles. The fraction of sp³-hybridized carbons (Fsp3) is 0.625. The van der Waals surface area contributed by atoms with E-state index < -0.39 is 7.25 Å². The van der Waals surface area contributed by atoms with Gasteiger partial charge in [-0.3, -0.25) is 0 Å². The molecular weight excluding hydrogens is 211 g/mol. The average Bonchev–Trinajstić information content (AvgIpc) is 2.33. The van der Waals surface area contributed by atoms with Gasteiger partial charge in [-0.05, 0) is 6.42 Å². The molecule has 0 atom stereocenters. The molecule has 7 heteroatoms. The first-order chi connectivity index (χ1) is 6.75. The summed E-state index contributed by atoms with van der Waals surface area (Å²) in [5.41, 5.74) is 0. The van der Waals surface area contributed by atoms with E-state index in [1.807, 2.05) is 0 Å². The molecule has 88 valence electrons. The molecule has 0 saturated carbocycles. The number of hydrogen-bond acceptors (Lipinski definition) is 0. The van der Waals surface area contributed by atoms with Crippen molar-refractivity contribution in [2.45, 2.75) is 19.8 Å². The third kappa shape index (κ3) is 6.99. The predicted octanol–water partition coefficient (Wildman–Crippen LogP) is 2.10. The van der Waals surface area contributed by atoms with Crippen molar-refractivity contribution in [3.63, 3.8) is 0 Å². The van der Waals surface area contributed by atoms with Crippen molar-refractivity contribution in [1.29, 1.82) is 0 Å². The van der Waals surface area contributed by atoms with Crippen LogP contribution in [0.5, 0.6) is 0 Å². The standard InChI is InChI=1S/C8H15N2.BF4/c1-4-5-8-9(2)6-7-10(8)3;2-1(3,4)5/h6-7H,4-5H2,1-3H3;/q+1;-1. The minimum absolute atomic E-state index is 1.17. The quantitative estimate of drug-likeness (QED) is 0.414. The number of aryl methyl sites for hydroxylation is 2. The van der Waals surface area contributed by atoms with E-state index in [0.717, 1.165) is 0 Å². The zero-order valence-electron chi connectivity index (χ0n) is 9.05. The fourth-order valence-corrected chi connectivity index (χ4v) is 1.20. The Balaban J connectivity index is 0.000000336. The van der Waals surface area contributed by atoms with Crippen molar-refractivity contribution in [2.75, 3.05) is 0 Å². The van der Waals surface area contributed by atoms with Gasteiger partial charge in [-0.2, -0.15) is 0 Å². The van der Waals surface area contributed by atoms with Gasteiger partial charge in [0.15, 0.2) is 0 Å². The second-order valence-electron chi connectivity index (χ2n) is 3.18. The third-order valence-electron chi connectivity index (χ3n) is 1.80. The Kier molecular flexibility index (Phi) is 5.39. The maximum Gasteiger partial charge on any atom is 0.673 e. The van der Waals surface area contributed by atoms with Gasteiger partial charge in [0.25, 0.3) is 5.82 Å². The Morgan fingerprint density at radius 3 is 2.07 bits per heavy atom.